The lowest BCUT2D eigenvalue weighted by Gasteiger charge is -2.29. The molecule has 1 aliphatic carbocycles. The zero-order valence-corrected chi connectivity index (χ0v) is 14.8. The summed E-state index contributed by atoms with van der Waals surface area (Å²) in [4.78, 5) is 15.3. The second kappa shape index (κ2) is 9.22. The molecule has 0 unspecified atom stereocenters. The van der Waals surface area contributed by atoms with Gasteiger partial charge in [-0.2, -0.15) is 0 Å². The van der Waals surface area contributed by atoms with Crippen LogP contribution in [0.5, 0.6) is 0 Å². The van der Waals surface area contributed by atoms with Crippen molar-refractivity contribution in [2.45, 2.75) is 57.3 Å². The summed E-state index contributed by atoms with van der Waals surface area (Å²) >= 11 is 0. The van der Waals surface area contributed by atoms with E-state index < -0.39 is 0 Å². The van der Waals surface area contributed by atoms with Gasteiger partial charge in [0, 0.05) is 6.54 Å². The van der Waals surface area contributed by atoms with E-state index in [1.807, 2.05) is 18.2 Å². The molecule has 1 saturated carbocycles. The van der Waals surface area contributed by atoms with E-state index in [9.17, 15) is 4.79 Å². The lowest BCUT2D eigenvalue weighted by atomic mass is 9.77. The van der Waals surface area contributed by atoms with Crippen LogP contribution in [0.3, 0.4) is 0 Å². The standard InChI is InChI=1S/C21H31NO2/c23-21(24-17-9-16-22-14-7-8-15-22)20(18-10-3-1-4-11-18)19-12-5-2-6-13-19/h1,3-4,10-11,19-20H,2,5-9,12-17H2/t20-/m0/s1. The molecule has 0 bridgehead atoms. The number of rotatable bonds is 7. The van der Waals surface area contributed by atoms with Crippen LogP contribution in [0.1, 0.15) is 62.8 Å². The zero-order valence-electron chi connectivity index (χ0n) is 14.8. The Morgan fingerprint density at radius 3 is 2.46 bits per heavy atom. The predicted octanol–water partition coefficient (Wildman–Crippen LogP) is 4.38. The number of carbonyl (C=O) groups excluding carboxylic acids is 1. The van der Waals surface area contributed by atoms with Gasteiger partial charge in [0.15, 0.2) is 0 Å². The number of esters is 1. The molecule has 1 aromatic rings. The molecule has 2 fully saturated rings. The third-order valence-corrected chi connectivity index (χ3v) is 5.60. The van der Waals surface area contributed by atoms with Crippen molar-refractivity contribution in [2.24, 2.45) is 5.92 Å². The summed E-state index contributed by atoms with van der Waals surface area (Å²) in [5.74, 6) is 0.375. The minimum absolute atomic E-state index is 0.00507. The number of benzene rings is 1. The van der Waals surface area contributed by atoms with E-state index in [0.717, 1.165) is 31.4 Å². The molecule has 0 N–H and O–H groups in total. The first-order chi connectivity index (χ1) is 11.8. The first kappa shape index (κ1) is 17.5. The Morgan fingerprint density at radius 1 is 1.04 bits per heavy atom. The Labute approximate surface area is 146 Å². The van der Waals surface area contributed by atoms with Crippen LogP contribution in [-0.2, 0) is 9.53 Å². The van der Waals surface area contributed by atoms with E-state index >= 15 is 0 Å². The average Bonchev–Trinajstić information content (AvgIpc) is 3.14. The van der Waals surface area contributed by atoms with Gasteiger partial charge in [-0.1, -0.05) is 49.6 Å². The highest BCUT2D eigenvalue weighted by atomic mass is 16.5. The van der Waals surface area contributed by atoms with E-state index in [0.29, 0.717) is 12.5 Å². The van der Waals surface area contributed by atoms with Crippen molar-refractivity contribution in [2.75, 3.05) is 26.2 Å². The van der Waals surface area contributed by atoms with Crippen molar-refractivity contribution in [3.8, 4) is 0 Å². The number of hydrogen-bond acceptors (Lipinski definition) is 3. The van der Waals surface area contributed by atoms with E-state index in [4.69, 9.17) is 4.74 Å². The Morgan fingerprint density at radius 2 is 1.75 bits per heavy atom. The molecule has 0 aromatic heterocycles. The third kappa shape index (κ3) is 4.83. The van der Waals surface area contributed by atoms with Crippen molar-refractivity contribution in [3.63, 3.8) is 0 Å². The van der Waals surface area contributed by atoms with Gasteiger partial charge in [-0.3, -0.25) is 4.79 Å². The maximum atomic E-state index is 12.8. The zero-order chi connectivity index (χ0) is 16.6. The highest BCUT2D eigenvalue weighted by Gasteiger charge is 2.32. The first-order valence-corrected chi connectivity index (χ1v) is 9.78. The molecule has 24 heavy (non-hydrogen) atoms. The summed E-state index contributed by atoms with van der Waals surface area (Å²) in [5, 5.41) is 0. The quantitative estimate of drug-likeness (QED) is 0.549. The van der Waals surface area contributed by atoms with Gasteiger partial charge in [0.25, 0.3) is 0 Å². The van der Waals surface area contributed by atoms with Crippen LogP contribution in [0, 0.1) is 5.92 Å². The monoisotopic (exact) mass is 329 g/mol. The van der Waals surface area contributed by atoms with Gasteiger partial charge in [-0.15, -0.1) is 0 Å². The molecule has 1 atom stereocenters. The number of nitrogens with zero attached hydrogens (tertiary/aromatic N) is 1. The van der Waals surface area contributed by atoms with E-state index in [1.165, 1.54) is 45.2 Å². The minimum Gasteiger partial charge on any atom is -0.465 e. The molecule has 3 rings (SSSR count). The SMILES string of the molecule is O=C(OCCCN1CCCC1)[C@@H](c1ccccc1)C1CCCCC1. The maximum Gasteiger partial charge on any atom is 0.313 e. The van der Waals surface area contributed by atoms with Crippen LogP contribution < -0.4 is 0 Å². The van der Waals surface area contributed by atoms with Crippen molar-refractivity contribution in [1.29, 1.82) is 0 Å². The second-order valence-corrected chi connectivity index (χ2v) is 7.36. The van der Waals surface area contributed by atoms with Crippen molar-refractivity contribution >= 4 is 5.97 Å². The molecule has 1 heterocycles. The largest absolute Gasteiger partial charge is 0.465 e. The lowest BCUT2D eigenvalue weighted by molar-refractivity contribution is -0.147. The molecular formula is C21H31NO2. The Kier molecular flexibility index (Phi) is 6.71. The smallest absolute Gasteiger partial charge is 0.313 e. The maximum absolute atomic E-state index is 12.8. The fraction of sp³-hybridized carbons (Fsp3) is 0.667. The molecule has 3 nitrogen and oxygen atoms in total. The number of carbonyl (C=O) groups is 1. The normalized spacial score (nSPS) is 20.8. The number of hydrogen-bond donors (Lipinski definition) is 0. The molecule has 132 valence electrons. The van der Waals surface area contributed by atoms with Gasteiger partial charge >= 0.3 is 5.97 Å². The molecule has 0 amide bonds. The van der Waals surface area contributed by atoms with Gasteiger partial charge in [0.2, 0.25) is 0 Å². The predicted molar refractivity (Wildman–Crippen MR) is 97.0 cm³/mol. The fourth-order valence-corrected chi connectivity index (χ4v) is 4.29. The van der Waals surface area contributed by atoms with E-state index in [-0.39, 0.29) is 11.9 Å². The summed E-state index contributed by atoms with van der Waals surface area (Å²) in [6.07, 6.45) is 9.70. The molecular weight excluding hydrogens is 298 g/mol. The van der Waals surface area contributed by atoms with Gasteiger partial charge < -0.3 is 9.64 Å². The van der Waals surface area contributed by atoms with Crippen molar-refractivity contribution < 1.29 is 9.53 Å². The Bertz CT molecular complexity index is 490. The molecule has 2 aliphatic rings. The average molecular weight is 329 g/mol. The van der Waals surface area contributed by atoms with Gasteiger partial charge in [-0.05, 0) is 56.7 Å². The number of likely N-dealkylation sites (tertiary alicyclic amines) is 1. The Balaban J connectivity index is 1.54. The van der Waals surface area contributed by atoms with Crippen molar-refractivity contribution in [3.05, 3.63) is 35.9 Å². The third-order valence-electron chi connectivity index (χ3n) is 5.60. The summed E-state index contributed by atoms with van der Waals surface area (Å²) in [6, 6.07) is 10.3. The molecule has 0 spiro atoms. The van der Waals surface area contributed by atoms with E-state index in [2.05, 4.69) is 17.0 Å². The van der Waals surface area contributed by atoms with Gasteiger partial charge in [0.1, 0.15) is 0 Å². The highest BCUT2D eigenvalue weighted by Crippen LogP contribution is 2.36. The lowest BCUT2D eigenvalue weighted by Crippen LogP contribution is -2.27. The summed E-state index contributed by atoms with van der Waals surface area (Å²) < 4.78 is 5.71. The minimum atomic E-state index is -0.0710. The molecule has 1 aromatic carbocycles. The summed E-state index contributed by atoms with van der Waals surface area (Å²) in [5.41, 5.74) is 1.13. The van der Waals surface area contributed by atoms with Crippen LogP contribution in [0.15, 0.2) is 30.3 Å². The van der Waals surface area contributed by atoms with Gasteiger partial charge in [0.05, 0.1) is 12.5 Å². The summed E-state index contributed by atoms with van der Waals surface area (Å²) in [7, 11) is 0. The molecule has 1 saturated heterocycles. The fourth-order valence-electron chi connectivity index (χ4n) is 4.29. The topological polar surface area (TPSA) is 29.5 Å². The summed E-state index contributed by atoms with van der Waals surface area (Å²) in [6.45, 7) is 4.05. The van der Waals surface area contributed by atoms with Crippen LogP contribution in [0.4, 0.5) is 0 Å². The van der Waals surface area contributed by atoms with Crippen molar-refractivity contribution in [1.82, 2.24) is 4.90 Å². The number of ether oxygens (including phenoxy) is 1. The molecule has 1 aliphatic heterocycles. The van der Waals surface area contributed by atoms with Crippen LogP contribution in [-0.4, -0.2) is 37.1 Å². The van der Waals surface area contributed by atoms with Gasteiger partial charge in [-0.25, -0.2) is 0 Å². The Hall–Kier alpha value is -1.35. The van der Waals surface area contributed by atoms with E-state index in [1.54, 1.807) is 0 Å². The second-order valence-electron chi connectivity index (χ2n) is 7.36. The van der Waals surface area contributed by atoms with Crippen LogP contribution >= 0.6 is 0 Å². The van der Waals surface area contributed by atoms with Crippen LogP contribution in [0.2, 0.25) is 0 Å². The highest BCUT2D eigenvalue weighted by molar-refractivity contribution is 5.78. The molecule has 3 heteroatoms. The molecule has 0 radical (unpaired) electrons. The van der Waals surface area contributed by atoms with Crippen LogP contribution in [0.25, 0.3) is 0 Å². The first-order valence-electron chi connectivity index (χ1n) is 9.78.